The number of aliphatic hydroxyl groups excluding tert-OH is 2. The molecule has 5 heteroatoms. The first-order chi connectivity index (χ1) is 16.8. The van der Waals surface area contributed by atoms with Crippen molar-refractivity contribution >= 4 is 6.09 Å². The topological polar surface area (TPSA) is 78.8 Å². The number of rotatable bonds is 8. The Balaban J connectivity index is 1.19. The lowest BCUT2D eigenvalue weighted by Crippen LogP contribution is -2.62. The fourth-order valence-corrected chi connectivity index (χ4v) is 9.87. The number of alkyl carbamates (subject to hydrolysis) is 1. The molecule has 5 aliphatic carbocycles. The average Bonchev–Trinajstić information content (AvgIpc) is 3.59. The second kappa shape index (κ2) is 10.2. The van der Waals surface area contributed by atoms with Crippen molar-refractivity contribution in [2.75, 3.05) is 13.2 Å². The first-order valence-electron chi connectivity index (χ1n) is 15.0. The minimum absolute atomic E-state index is 0.182. The van der Waals surface area contributed by atoms with Gasteiger partial charge in [0.1, 0.15) is 0 Å². The lowest BCUT2D eigenvalue weighted by atomic mass is 9.41. The first kappa shape index (κ1) is 25.8. The van der Waals surface area contributed by atoms with E-state index < -0.39 is 0 Å². The summed E-state index contributed by atoms with van der Waals surface area (Å²) in [7, 11) is 0. The molecule has 0 aromatic carbocycles. The Labute approximate surface area is 213 Å². The van der Waals surface area contributed by atoms with E-state index in [9.17, 15) is 15.0 Å². The normalized spacial score (nSPS) is 46.9. The van der Waals surface area contributed by atoms with E-state index in [1.54, 1.807) is 0 Å². The molecule has 0 aromatic rings. The van der Waals surface area contributed by atoms with E-state index in [2.05, 4.69) is 26.1 Å². The fourth-order valence-electron chi connectivity index (χ4n) is 9.87. The summed E-state index contributed by atoms with van der Waals surface area (Å²) in [5.74, 6) is 3.89. The number of carbonyl (C=O) groups excluding carboxylic acids is 1. The molecule has 0 saturated heterocycles. The molecule has 5 aliphatic rings. The van der Waals surface area contributed by atoms with E-state index in [-0.39, 0.29) is 23.7 Å². The zero-order valence-corrected chi connectivity index (χ0v) is 22.5. The zero-order chi connectivity index (χ0) is 24.8. The van der Waals surface area contributed by atoms with E-state index in [1.807, 2.05) is 0 Å². The minimum atomic E-state index is -0.252. The highest BCUT2D eigenvalue weighted by Crippen LogP contribution is 2.69. The number of hydrogen-bond acceptors (Lipinski definition) is 4. The number of aliphatic hydroxyl groups is 2. The molecule has 0 aromatic heterocycles. The van der Waals surface area contributed by atoms with E-state index in [4.69, 9.17) is 4.74 Å². The number of fused-ring (bicyclic) bond motifs is 5. The molecular formula is C30H51NO4. The highest BCUT2D eigenvalue weighted by Gasteiger charge is 2.64. The number of ether oxygens (including phenoxy) is 1. The lowest BCUT2D eigenvalue weighted by Gasteiger charge is -2.64. The van der Waals surface area contributed by atoms with Crippen LogP contribution in [0.1, 0.15) is 104 Å². The van der Waals surface area contributed by atoms with E-state index in [0.29, 0.717) is 47.5 Å². The third-order valence-corrected chi connectivity index (χ3v) is 12.0. The summed E-state index contributed by atoms with van der Waals surface area (Å²) in [6.07, 6.45) is 14.1. The zero-order valence-electron chi connectivity index (χ0n) is 22.5. The van der Waals surface area contributed by atoms with Gasteiger partial charge >= 0.3 is 6.09 Å². The Morgan fingerprint density at radius 2 is 1.69 bits per heavy atom. The lowest BCUT2D eigenvalue weighted by molar-refractivity contribution is -0.202. The molecule has 10 atom stereocenters. The number of nitrogens with one attached hydrogen (secondary N) is 1. The highest BCUT2D eigenvalue weighted by molar-refractivity contribution is 5.66. The molecule has 3 N–H and O–H groups in total. The van der Waals surface area contributed by atoms with Crippen molar-refractivity contribution in [3.05, 3.63) is 0 Å². The monoisotopic (exact) mass is 489 g/mol. The summed E-state index contributed by atoms with van der Waals surface area (Å²) in [4.78, 5) is 12.0. The second-order valence-corrected chi connectivity index (χ2v) is 13.6. The predicted molar refractivity (Wildman–Crippen MR) is 138 cm³/mol. The third kappa shape index (κ3) is 4.78. The fraction of sp³-hybridized carbons (Fsp3) is 0.967. The van der Waals surface area contributed by atoms with Gasteiger partial charge < -0.3 is 20.3 Å². The van der Waals surface area contributed by atoms with Crippen LogP contribution in [0.5, 0.6) is 0 Å². The summed E-state index contributed by atoms with van der Waals surface area (Å²) in [6, 6.07) is 0. The molecule has 0 bridgehead atoms. The molecule has 200 valence electrons. The molecule has 5 nitrogen and oxygen atoms in total. The predicted octanol–water partition coefficient (Wildman–Crippen LogP) is 5.92. The van der Waals surface area contributed by atoms with Crippen LogP contribution in [-0.4, -0.2) is 41.7 Å². The van der Waals surface area contributed by atoms with Crippen LogP contribution in [0.3, 0.4) is 0 Å². The van der Waals surface area contributed by atoms with Gasteiger partial charge in [0.15, 0.2) is 0 Å². The van der Waals surface area contributed by atoms with Crippen LogP contribution >= 0.6 is 0 Å². The quantitative estimate of drug-likeness (QED) is 0.370. The maximum absolute atomic E-state index is 12.0. The maximum atomic E-state index is 12.0. The Hall–Kier alpha value is -0.810. The highest BCUT2D eigenvalue weighted by atomic mass is 16.5. The van der Waals surface area contributed by atoms with Crippen LogP contribution in [0.2, 0.25) is 0 Å². The molecule has 1 amide bonds. The largest absolute Gasteiger partial charge is 0.450 e. The second-order valence-electron chi connectivity index (χ2n) is 13.6. The van der Waals surface area contributed by atoms with E-state index >= 15 is 0 Å². The van der Waals surface area contributed by atoms with Crippen LogP contribution in [0.15, 0.2) is 0 Å². The number of hydrogen-bond donors (Lipinski definition) is 3. The van der Waals surface area contributed by atoms with Gasteiger partial charge in [0.25, 0.3) is 0 Å². The molecule has 5 saturated carbocycles. The minimum Gasteiger partial charge on any atom is -0.450 e. The van der Waals surface area contributed by atoms with Gasteiger partial charge in [0.05, 0.1) is 18.8 Å². The summed E-state index contributed by atoms with van der Waals surface area (Å²) in [6.45, 7) is 8.54. The van der Waals surface area contributed by atoms with Gasteiger partial charge in [-0.25, -0.2) is 4.79 Å². The van der Waals surface area contributed by atoms with Crippen molar-refractivity contribution in [3.63, 3.8) is 0 Å². The average molecular weight is 490 g/mol. The number of carbonyl (C=O) groups is 1. The smallest absolute Gasteiger partial charge is 0.407 e. The molecule has 0 radical (unpaired) electrons. The Morgan fingerprint density at radius 1 is 0.943 bits per heavy atom. The van der Waals surface area contributed by atoms with Gasteiger partial charge in [0.2, 0.25) is 0 Å². The van der Waals surface area contributed by atoms with Crippen LogP contribution < -0.4 is 5.32 Å². The standard InChI is InChI=1S/C30H51NO4/c1-4-22-25-18-21(32)11-14-30(25,3)24-12-15-29(2)20(9-10-23(29)26(24)27(22)33)6-5-17-35-28(34)31-16-13-19-7-8-19/h19-27,32-33H,4-18H2,1-3H3,(H,31,34)/t20-,21+,22+,23-,24-,25-,26-,27+,29+,30+/m0/s1. The van der Waals surface area contributed by atoms with Gasteiger partial charge in [-0.2, -0.15) is 0 Å². The van der Waals surface area contributed by atoms with Gasteiger partial charge in [-0.05, 0) is 116 Å². The molecule has 0 heterocycles. The summed E-state index contributed by atoms with van der Waals surface area (Å²) in [5.41, 5.74) is 0.564. The van der Waals surface area contributed by atoms with Gasteiger partial charge in [-0.15, -0.1) is 0 Å². The van der Waals surface area contributed by atoms with Crippen LogP contribution in [0.4, 0.5) is 4.79 Å². The number of amides is 1. The molecule has 0 spiro atoms. The van der Waals surface area contributed by atoms with E-state index in [1.165, 1.54) is 38.5 Å². The Morgan fingerprint density at radius 3 is 2.43 bits per heavy atom. The Kier molecular flexibility index (Phi) is 7.49. The van der Waals surface area contributed by atoms with Gasteiger partial charge in [-0.1, -0.05) is 40.0 Å². The molecule has 0 unspecified atom stereocenters. The molecule has 35 heavy (non-hydrogen) atoms. The molecular weight excluding hydrogens is 438 g/mol. The maximum Gasteiger partial charge on any atom is 0.407 e. The van der Waals surface area contributed by atoms with Crippen molar-refractivity contribution in [3.8, 4) is 0 Å². The molecule has 0 aliphatic heterocycles. The molecule has 5 fully saturated rings. The SMILES string of the molecule is CC[C@H]1[C@@H](O)[C@@H]2[C@H](CC[C@]3(C)[C@@H](CCCOC(=O)NCCC4CC4)CC[C@@H]23)[C@@]2(C)CC[C@@H](O)C[C@@H]12. The van der Waals surface area contributed by atoms with Gasteiger partial charge in [0, 0.05) is 6.54 Å². The van der Waals surface area contributed by atoms with Crippen molar-refractivity contribution in [2.45, 2.75) is 116 Å². The third-order valence-electron chi connectivity index (χ3n) is 12.0. The summed E-state index contributed by atoms with van der Waals surface area (Å²) in [5, 5.41) is 25.2. The van der Waals surface area contributed by atoms with Crippen LogP contribution in [0, 0.1) is 52.3 Å². The van der Waals surface area contributed by atoms with E-state index in [0.717, 1.165) is 57.4 Å². The van der Waals surface area contributed by atoms with Crippen LogP contribution in [-0.2, 0) is 4.74 Å². The van der Waals surface area contributed by atoms with Crippen molar-refractivity contribution in [1.82, 2.24) is 5.32 Å². The van der Waals surface area contributed by atoms with Crippen molar-refractivity contribution in [1.29, 1.82) is 0 Å². The Bertz CT molecular complexity index is 755. The van der Waals surface area contributed by atoms with Crippen LogP contribution in [0.25, 0.3) is 0 Å². The van der Waals surface area contributed by atoms with Crippen molar-refractivity contribution in [2.24, 2.45) is 52.3 Å². The summed E-state index contributed by atoms with van der Waals surface area (Å²) >= 11 is 0. The van der Waals surface area contributed by atoms with Crippen molar-refractivity contribution < 1.29 is 19.7 Å². The van der Waals surface area contributed by atoms with Gasteiger partial charge in [-0.3, -0.25) is 0 Å². The molecule has 5 rings (SSSR count). The summed E-state index contributed by atoms with van der Waals surface area (Å²) < 4.78 is 5.48. The first-order valence-corrected chi connectivity index (χ1v) is 15.0.